The molecule has 1 unspecified atom stereocenters. The molecule has 2 rings (SSSR count). The third-order valence-electron chi connectivity index (χ3n) is 3.00. The lowest BCUT2D eigenvalue weighted by Gasteiger charge is -2.12. The zero-order chi connectivity index (χ0) is 15.2. The molecule has 0 saturated heterocycles. The number of nitrogens with two attached hydrogens (primary N) is 1. The molecule has 0 aliphatic heterocycles. The van der Waals surface area contributed by atoms with Gasteiger partial charge in [0, 0.05) is 11.1 Å². The van der Waals surface area contributed by atoms with Crippen LogP contribution < -0.4 is 11.1 Å². The summed E-state index contributed by atoms with van der Waals surface area (Å²) in [5.74, 6) is 5.97. The molecule has 7 heteroatoms. The molecule has 1 amide bonds. The molecular weight excluding hydrogens is 268 g/mol. The third kappa shape index (κ3) is 3.43. The Bertz CT molecular complexity index is 683. The van der Waals surface area contributed by atoms with Gasteiger partial charge in [0.1, 0.15) is 0 Å². The van der Waals surface area contributed by atoms with Crippen molar-refractivity contribution in [3.8, 4) is 11.8 Å². The molecule has 7 nitrogen and oxygen atoms in total. The molecule has 0 saturated carbocycles. The molecule has 21 heavy (non-hydrogen) atoms. The number of nitrogens with zero attached hydrogens (tertiary/aromatic N) is 3. The minimum atomic E-state index is -0.338. The van der Waals surface area contributed by atoms with Crippen molar-refractivity contribution in [3.05, 3.63) is 40.7 Å². The van der Waals surface area contributed by atoms with Gasteiger partial charge in [-0.05, 0) is 31.5 Å². The number of hydrogen-bond acceptors (Lipinski definition) is 5. The molecule has 0 radical (unpaired) electrons. The Morgan fingerprint density at radius 1 is 1.52 bits per heavy atom. The highest BCUT2D eigenvalue weighted by molar-refractivity contribution is 5.96. The quantitative estimate of drug-likeness (QED) is 0.703. The van der Waals surface area contributed by atoms with Crippen LogP contribution in [0.2, 0.25) is 0 Å². The summed E-state index contributed by atoms with van der Waals surface area (Å²) in [6.07, 6.45) is 0. The van der Waals surface area contributed by atoms with Crippen molar-refractivity contribution >= 4 is 5.91 Å². The van der Waals surface area contributed by atoms with Crippen LogP contribution in [0.4, 0.5) is 0 Å². The smallest absolute Gasteiger partial charge is 0.252 e. The number of carbonyl (C=O) groups excluding carboxylic acids is 1. The van der Waals surface area contributed by atoms with Crippen LogP contribution in [0.3, 0.4) is 0 Å². The van der Waals surface area contributed by atoms with Crippen molar-refractivity contribution in [2.24, 2.45) is 5.73 Å². The lowest BCUT2D eigenvalue weighted by atomic mass is 10.0. The van der Waals surface area contributed by atoms with Gasteiger partial charge in [-0.1, -0.05) is 23.1 Å². The zero-order valence-corrected chi connectivity index (χ0v) is 11.8. The fourth-order valence-electron chi connectivity index (χ4n) is 1.86. The van der Waals surface area contributed by atoms with E-state index in [0.29, 0.717) is 11.4 Å². The van der Waals surface area contributed by atoms with E-state index in [1.54, 1.807) is 19.1 Å². The number of hydrogen-bond donors (Lipinski definition) is 3. The number of tetrazole rings is 1. The molecule has 1 heterocycles. The van der Waals surface area contributed by atoms with Crippen LogP contribution in [-0.4, -0.2) is 33.1 Å². The van der Waals surface area contributed by atoms with E-state index in [2.05, 4.69) is 37.8 Å². The summed E-state index contributed by atoms with van der Waals surface area (Å²) in [5, 5.41) is 16.3. The maximum atomic E-state index is 12.3. The van der Waals surface area contributed by atoms with Crippen LogP contribution in [-0.2, 0) is 0 Å². The first-order valence-corrected chi connectivity index (χ1v) is 6.46. The van der Waals surface area contributed by atoms with Gasteiger partial charge >= 0.3 is 0 Å². The van der Waals surface area contributed by atoms with Crippen molar-refractivity contribution < 1.29 is 4.79 Å². The number of benzene rings is 1. The molecule has 0 fully saturated rings. The zero-order valence-electron chi connectivity index (χ0n) is 11.8. The van der Waals surface area contributed by atoms with Crippen LogP contribution in [0.15, 0.2) is 18.2 Å². The monoisotopic (exact) mass is 284 g/mol. The molecule has 1 aromatic heterocycles. The highest BCUT2D eigenvalue weighted by Gasteiger charge is 2.16. The molecular formula is C14H16N6O. The minimum Gasteiger partial charge on any atom is -0.342 e. The van der Waals surface area contributed by atoms with Gasteiger partial charge < -0.3 is 11.1 Å². The normalized spacial score (nSPS) is 11.4. The van der Waals surface area contributed by atoms with E-state index in [1.165, 1.54) is 0 Å². The van der Waals surface area contributed by atoms with Crippen LogP contribution in [0, 0.1) is 18.8 Å². The lowest BCUT2D eigenvalue weighted by Crippen LogP contribution is -2.28. The van der Waals surface area contributed by atoms with Crippen molar-refractivity contribution in [1.82, 2.24) is 25.9 Å². The second-order valence-electron chi connectivity index (χ2n) is 4.45. The Labute approximate surface area is 122 Å². The molecule has 0 bridgehead atoms. The van der Waals surface area contributed by atoms with Gasteiger partial charge in [0.05, 0.1) is 12.6 Å². The van der Waals surface area contributed by atoms with Crippen LogP contribution in [0.5, 0.6) is 0 Å². The van der Waals surface area contributed by atoms with E-state index >= 15 is 0 Å². The number of H-pyrrole nitrogens is 1. The highest BCUT2D eigenvalue weighted by Crippen LogP contribution is 2.14. The maximum Gasteiger partial charge on any atom is 0.252 e. The van der Waals surface area contributed by atoms with Gasteiger partial charge in [-0.25, -0.2) is 0 Å². The Hall–Kier alpha value is -2.72. The Morgan fingerprint density at radius 2 is 2.33 bits per heavy atom. The second kappa shape index (κ2) is 6.63. The van der Waals surface area contributed by atoms with E-state index in [-0.39, 0.29) is 18.5 Å². The summed E-state index contributed by atoms with van der Waals surface area (Å²) in [4.78, 5) is 12.3. The number of carbonyl (C=O) groups is 1. The first-order valence-electron chi connectivity index (χ1n) is 6.46. The van der Waals surface area contributed by atoms with E-state index in [4.69, 9.17) is 5.73 Å². The molecule has 0 aliphatic carbocycles. The van der Waals surface area contributed by atoms with Gasteiger partial charge in [0.2, 0.25) is 0 Å². The Kier molecular flexibility index (Phi) is 4.64. The highest BCUT2D eigenvalue weighted by atomic mass is 16.1. The van der Waals surface area contributed by atoms with Gasteiger partial charge in [0.25, 0.3) is 5.91 Å². The van der Waals surface area contributed by atoms with Gasteiger partial charge in [-0.15, -0.1) is 10.2 Å². The molecule has 1 atom stereocenters. The Morgan fingerprint density at radius 3 is 3.00 bits per heavy atom. The van der Waals surface area contributed by atoms with Crippen LogP contribution >= 0.6 is 0 Å². The van der Waals surface area contributed by atoms with E-state index in [1.807, 2.05) is 13.0 Å². The average Bonchev–Trinajstić information content (AvgIpc) is 3.00. The number of aromatic amines is 1. The maximum absolute atomic E-state index is 12.3. The lowest BCUT2D eigenvalue weighted by molar-refractivity contribution is 0.0937. The summed E-state index contributed by atoms with van der Waals surface area (Å²) in [7, 11) is 0. The predicted molar refractivity (Wildman–Crippen MR) is 77.2 cm³/mol. The third-order valence-corrected chi connectivity index (χ3v) is 3.00. The Balaban J connectivity index is 2.19. The molecule has 0 aliphatic rings. The molecule has 0 spiro atoms. The predicted octanol–water partition coefficient (Wildman–Crippen LogP) is 0.309. The van der Waals surface area contributed by atoms with Crippen molar-refractivity contribution in [2.75, 3.05) is 6.54 Å². The summed E-state index contributed by atoms with van der Waals surface area (Å²) in [5.41, 5.74) is 7.54. The molecule has 108 valence electrons. The van der Waals surface area contributed by atoms with E-state index in [9.17, 15) is 4.79 Å². The first-order chi connectivity index (χ1) is 10.1. The number of rotatable bonds is 3. The fraction of sp³-hybridized carbons (Fsp3) is 0.286. The molecule has 1 aromatic carbocycles. The SMILES string of the molecule is Cc1c(C#CCN)cccc1C(=O)NC(C)c1nn[nH]n1. The van der Waals surface area contributed by atoms with Crippen molar-refractivity contribution in [1.29, 1.82) is 0 Å². The van der Waals surface area contributed by atoms with E-state index in [0.717, 1.165) is 11.1 Å². The number of amides is 1. The number of nitrogens with one attached hydrogen (secondary N) is 2. The van der Waals surface area contributed by atoms with Crippen LogP contribution in [0.1, 0.15) is 40.3 Å². The van der Waals surface area contributed by atoms with Gasteiger partial charge in [0.15, 0.2) is 5.82 Å². The van der Waals surface area contributed by atoms with Crippen LogP contribution in [0.25, 0.3) is 0 Å². The average molecular weight is 284 g/mol. The topological polar surface area (TPSA) is 110 Å². The largest absolute Gasteiger partial charge is 0.342 e. The van der Waals surface area contributed by atoms with Gasteiger partial charge in [-0.2, -0.15) is 5.21 Å². The second-order valence-corrected chi connectivity index (χ2v) is 4.45. The standard InChI is InChI=1S/C14H16N6O/c1-9-11(6-4-8-15)5-3-7-12(9)14(21)16-10(2)13-17-19-20-18-13/h3,5,7,10H,8,15H2,1-2H3,(H,16,21)(H,17,18,19,20). The first kappa shape index (κ1) is 14.7. The fourth-order valence-corrected chi connectivity index (χ4v) is 1.86. The van der Waals surface area contributed by atoms with Crippen molar-refractivity contribution in [2.45, 2.75) is 19.9 Å². The van der Waals surface area contributed by atoms with Crippen molar-refractivity contribution in [3.63, 3.8) is 0 Å². The summed E-state index contributed by atoms with van der Waals surface area (Å²) in [6, 6.07) is 5.06. The summed E-state index contributed by atoms with van der Waals surface area (Å²) >= 11 is 0. The van der Waals surface area contributed by atoms with E-state index < -0.39 is 0 Å². The molecule has 4 N–H and O–H groups in total. The minimum absolute atomic E-state index is 0.207. The molecule has 2 aromatic rings. The summed E-state index contributed by atoms with van der Waals surface area (Å²) in [6.45, 7) is 3.93. The number of aromatic nitrogens is 4. The van der Waals surface area contributed by atoms with Gasteiger partial charge in [-0.3, -0.25) is 4.79 Å². The summed E-state index contributed by atoms with van der Waals surface area (Å²) < 4.78 is 0.